The fourth-order valence-corrected chi connectivity index (χ4v) is 23.8. The molecule has 1 heterocycles. The summed E-state index contributed by atoms with van der Waals surface area (Å²) < 4.78 is 39.7. The van der Waals surface area contributed by atoms with Crippen LogP contribution in [-0.4, -0.2) is 77.0 Å². The first-order chi connectivity index (χ1) is 44.4. The van der Waals surface area contributed by atoms with Gasteiger partial charge in [0, 0.05) is 12.4 Å². The molecule has 8 aliphatic rings. The summed E-state index contributed by atoms with van der Waals surface area (Å²) in [5.74, 6) is 8.20. The summed E-state index contributed by atoms with van der Waals surface area (Å²) in [6, 6.07) is 15.6. The van der Waals surface area contributed by atoms with E-state index >= 15 is 0 Å². The molecular formula is C82H131N3O9S. The van der Waals surface area contributed by atoms with E-state index in [0.717, 1.165) is 75.7 Å². The van der Waals surface area contributed by atoms with Crippen molar-refractivity contribution in [3.63, 3.8) is 0 Å². The Morgan fingerprint density at radius 1 is 0.579 bits per heavy atom. The largest absolute Gasteiger partial charge is 0.449 e. The Hall–Kier alpha value is -3.78. The zero-order chi connectivity index (χ0) is 69.6. The Morgan fingerprint density at radius 3 is 1.42 bits per heavy atom. The number of benzene rings is 2. The molecule has 13 heteroatoms. The molecule has 0 spiro atoms. The maximum absolute atomic E-state index is 12.7. The highest BCUT2D eigenvalue weighted by Gasteiger charge is 2.67. The summed E-state index contributed by atoms with van der Waals surface area (Å²) in [5, 5.41) is 34.4. The summed E-state index contributed by atoms with van der Waals surface area (Å²) in [6.07, 6.45) is 25.2. The van der Waals surface area contributed by atoms with Crippen LogP contribution in [0.25, 0.3) is 0 Å². The average molecular weight is 1340 g/mol. The predicted molar refractivity (Wildman–Crippen MR) is 383 cm³/mol. The lowest BCUT2D eigenvalue weighted by atomic mass is 9.41. The number of sulfonamides is 1. The fraction of sp³-hybridized carbons (Fsp3) is 0.793. The minimum atomic E-state index is -4.00. The molecule has 95 heavy (non-hydrogen) atoms. The third-order valence-electron chi connectivity index (χ3n) is 28.2. The minimum absolute atomic E-state index is 0.0405. The summed E-state index contributed by atoms with van der Waals surface area (Å²) in [7, 11) is -4.00. The van der Waals surface area contributed by atoms with Gasteiger partial charge in [0.2, 0.25) is 0 Å². The van der Waals surface area contributed by atoms with Gasteiger partial charge in [-0.05, 0) is 265 Å². The van der Waals surface area contributed by atoms with Gasteiger partial charge in [0.1, 0.15) is 6.33 Å². The lowest BCUT2D eigenvalue weighted by Gasteiger charge is -2.65. The third-order valence-corrected chi connectivity index (χ3v) is 29.6. The molecule has 1 aromatic heterocycles. The molecule has 0 bridgehead atoms. The van der Waals surface area contributed by atoms with Crippen LogP contribution in [0.15, 0.2) is 72.1 Å². The van der Waals surface area contributed by atoms with Gasteiger partial charge in [0.15, 0.2) is 0 Å². The molecule has 12 nitrogen and oxygen atoms in total. The van der Waals surface area contributed by atoms with Crippen LogP contribution >= 0.6 is 0 Å². The molecule has 3 aromatic rings. The van der Waals surface area contributed by atoms with E-state index in [2.05, 4.69) is 159 Å². The van der Waals surface area contributed by atoms with Crippen LogP contribution < -0.4 is 4.72 Å². The standard InChI is InChI=1S/C37H59NO6S.C31H50N2O3.C14H22/c1-8-27-31-22-25(39)17-19-37(31,7)30-18-20-36(6)28(15-16-29(36)32(30)33(27)40)23(2)10-9-21-44-34(41)38-45(42,43)26-13-11-24(12-14-26)35(3,4)5;1-6-22-26-18-20(2)11-13-31(26,5)25-12-14-30(4)23(9-10-24(30)27(25)28(22)34)21(3)8-7-17-36-29(35)33-16-15-32-19-33;1-13(2,3)11-7-9-12(10-8-11)14(4,5)6/h11-14,23,25,27-33,39-40H,8-10,15-22H2,1-7H3,(H,38,41);15-16,19-28,34H,6-14,17-18H2,1-5H3;7-10H,1-6H3/t23-,25-,27-,28-,29+,30+,31+,32+,33-,36-,37-;20-,21-,22-,23-,24+,25+,26+,27+,28-,30-,31-;/m11./s1. The first-order valence-electron chi connectivity index (χ1n) is 38.0. The van der Waals surface area contributed by atoms with Crippen molar-refractivity contribution in [1.29, 1.82) is 0 Å². The predicted octanol–water partition coefficient (Wildman–Crippen LogP) is 18.9. The van der Waals surface area contributed by atoms with Crippen molar-refractivity contribution < 1.29 is 42.8 Å². The number of aliphatic hydroxyl groups excluding tert-OH is 3. The van der Waals surface area contributed by atoms with Crippen molar-refractivity contribution in [1.82, 2.24) is 14.3 Å². The second-order valence-corrected chi connectivity index (χ2v) is 38.3. The maximum atomic E-state index is 12.7. The molecule has 534 valence electrons. The number of fused-ring (bicyclic) bond motifs is 10. The lowest BCUT2D eigenvalue weighted by Crippen LogP contribution is -2.62. The van der Waals surface area contributed by atoms with Crippen LogP contribution in [0.2, 0.25) is 0 Å². The minimum Gasteiger partial charge on any atom is -0.449 e. The topological polar surface area (TPSA) is 177 Å². The molecule has 0 radical (unpaired) electrons. The number of hydrogen-bond acceptors (Lipinski definition) is 10. The third kappa shape index (κ3) is 15.6. The number of carbonyl (C=O) groups excluding carboxylic acids is 2. The van der Waals surface area contributed by atoms with Gasteiger partial charge in [0.25, 0.3) is 10.0 Å². The Kier molecular flexibility index (Phi) is 23.4. The molecule has 0 saturated heterocycles. The van der Waals surface area contributed by atoms with Gasteiger partial charge in [0.05, 0.1) is 36.4 Å². The molecule has 2 aromatic carbocycles. The number of rotatable bonds is 14. The van der Waals surface area contributed by atoms with Crippen LogP contribution in [0, 0.1) is 110 Å². The number of carbonyl (C=O) groups is 2. The number of hydrogen-bond donors (Lipinski definition) is 4. The summed E-state index contributed by atoms with van der Waals surface area (Å²) in [6.45, 7) is 42.2. The molecule has 8 fully saturated rings. The summed E-state index contributed by atoms with van der Waals surface area (Å²) >= 11 is 0. The zero-order valence-electron chi connectivity index (χ0n) is 62.4. The number of nitrogens with one attached hydrogen (secondary N) is 1. The first-order valence-corrected chi connectivity index (χ1v) is 39.5. The lowest BCUT2D eigenvalue weighted by molar-refractivity contribution is -0.203. The molecular weight excluding hydrogens is 1200 g/mol. The molecule has 11 rings (SSSR count). The van der Waals surface area contributed by atoms with Crippen LogP contribution in [-0.2, 0) is 35.7 Å². The van der Waals surface area contributed by atoms with Crippen LogP contribution in [0.3, 0.4) is 0 Å². The second-order valence-electron chi connectivity index (χ2n) is 36.6. The normalized spacial score (nSPS) is 37.3. The van der Waals surface area contributed by atoms with E-state index in [1.54, 1.807) is 24.5 Å². The van der Waals surface area contributed by atoms with Crippen molar-refractivity contribution in [2.45, 2.75) is 292 Å². The van der Waals surface area contributed by atoms with E-state index < -0.39 is 16.1 Å². The number of nitrogens with zero attached hydrogens (tertiary/aromatic N) is 2. The smallest absolute Gasteiger partial charge is 0.421 e. The van der Waals surface area contributed by atoms with Gasteiger partial charge in [-0.2, -0.15) is 0 Å². The van der Waals surface area contributed by atoms with Gasteiger partial charge < -0.3 is 24.8 Å². The molecule has 8 saturated carbocycles. The average Bonchev–Trinajstić information content (AvgIpc) is 1.70. The van der Waals surface area contributed by atoms with Gasteiger partial charge in [-0.3, -0.25) is 0 Å². The van der Waals surface area contributed by atoms with Gasteiger partial charge >= 0.3 is 12.2 Å². The van der Waals surface area contributed by atoms with Crippen molar-refractivity contribution in [3.8, 4) is 0 Å². The highest BCUT2D eigenvalue weighted by Crippen LogP contribution is 2.72. The monoisotopic (exact) mass is 1330 g/mol. The molecule has 8 aliphatic carbocycles. The molecule has 0 aliphatic heterocycles. The Balaban J connectivity index is 0.000000189. The van der Waals surface area contributed by atoms with Gasteiger partial charge in [-0.1, -0.05) is 180 Å². The number of ether oxygens (including phenoxy) is 2. The number of aliphatic hydroxyl groups is 3. The quantitative estimate of drug-likeness (QED) is 0.114. The fourth-order valence-electron chi connectivity index (χ4n) is 22.9. The van der Waals surface area contributed by atoms with E-state index in [4.69, 9.17) is 9.47 Å². The zero-order valence-corrected chi connectivity index (χ0v) is 63.2. The highest BCUT2D eigenvalue weighted by atomic mass is 32.2. The number of imidazole rings is 1. The van der Waals surface area contributed by atoms with E-state index in [9.17, 15) is 33.3 Å². The van der Waals surface area contributed by atoms with E-state index in [-0.39, 0.29) is 68.9 Å². The summed E-state index contributed by atoms with van der Waals surface area (Å²) in [5.41, 5.74) is 5.39. The van der Waals surface area contributed by atoms with Crippen LogP contribution in [0.5, 0.6) is 0 Å². The van der Waals surface area contributed by atoms with Gasteiger partial charge in [-0.15, -0.1) is 0 Å². The van der Waals surface area contributed by atoms with E-state index in [0.29, 0.717) is 101 Å². The van der Waals surface area contributed by atoms with Crippen molar-refractivity contribution in [2.24, 2.45) is 110 Å². The molecule has 4 N–H and O–H groups in total. The summed E-state index contributed by atoms with van der Waals surface area (Å²) in [4.78, 5) is 28.4. The van der Waals surface area contributed by atoms with Crippen LogP contribution in [0.4, 0.5) is 9.59 Å². The Bertz CT molecular complexity index is 3080. The molecule has 22 atom stereocenters. The molecule has 1 amide bonds. The number of amides is 1. The first kappa shape index (κ1) is 75.4. The number of aromatic nitrogens is 2. The van der Waals surface area contributed by atoms with Crippen molar-refractivity contribution in [3.05, 3.63) is 83.9 Å². The molecule has 0 unspecified atom stereocenters. The van der Waals surface area contributed by atoms with E-state index in [1.807, 2.05) is 0 Å². The van der Waals surface area contributed by atoms with Crippen molar-refractivity contribution in [2.75, 3.05) is 13.2 Å². The van der Waals surface area contributed by atoms with Crippen molar-refractivity contribution >= 4 is 22.2 Å². The van der Waals surface area contributed by atoms with Gasteiger partial charge in [-0.25, -0.2) is 32.3 Å². The maximum Gasteiger partial charge on any atom is 0.421 e. The Labute approximate surface area is 576 Å². The highest BCUT2D eigenvalue weighted by molar-refractivity contribution is 7.90. The van der Waals surface area contributed by atoms with E-state index in [1.165, 1.54) is 91.9 Å². The Morgan fingerprint density at radius 2 is 0.989 bits per heavy atom. The second kappa shape index (κ2) is 29.4. The SMILES string of the molecule is CC(C)(C)c1ccc(C(C)(C)C)cc1.CC[C@H]1[C@@H](O)[C@@H]2[C@H](CC[C@]3(C)[C@@H]([C@H](C)CCCOC(=O)NS(=O)(=O)c4ccc(C(C)(C)C)cc4)CC[C@@H]23)[C@@]2(C)CC[C@@H](O)C[C@@H]12.CC[C@H]1[C@@H](O)[C@@H]2[C@H](CC[C@]3(C)[C@@H]([C@H](C)CCCOC(=O)n4ccnc4)CC[C@@H]23)[C@@]2(C)CC[C@@H](C)C[C@@H]12. The van der Waals surface area contributed by atoms with Crippen LogP contribution in [0.1, 0.15) is 270 Å².